The van der Waals surface area contributed by atoms with E-state index < -0.39 is 0 Å². The van der Waals surface area contributed by atoms with E-state index in [4.69, 9.17) is 0 Å². The van der Waals surface area contributed by atoms with Gasteiger partial charge in [0.15, 0.2) is 0 Å². The van der Waals surface area contributed by atoms with Crippen molar-refractivity contribution in [2.24, 2.45) is 0 Å². The fourth-order valence-electron chi connectivity index (χ4n) is 3.76. The molecule has 4 aromatic rings. The van der Waals surface area contributed by atoms with Gasteiger partial charge in [-0.3, -0.25) is 0 Å². The van der Waals surface area contributed by atoms with Gasteiger partial charge in [0.2, 0.25) is 0 Å². The molecule has 4 rings (SSSR count). The van der Waals surface area contributed by atoms with Crippen molar-refractivity contribution in [1.82, 2.24) is 0 Å². The molecule has 0 aliphatic rings. The molecular formula is C31H31N. The van der Waals surface area contributed by atoms with Crippen LogP contribution in [0.5, 0.6) is 0 Å². The number of anilines is 2. The highest BCUT2D eigenvalue weighted by Crippen LogP contribution is 2.27. The van der Waals surface area contributed by atoms with Crippen molar-refractivity contribution >= 4 is 23.5 Å². The minimum Gasteiger partial charge on any atom is -0.356 e. The van der Waals surface area contributed by atoms with Crippen LogP contribution in [0, 0.1) is 6.92 Å². The Morgan fingerprint density at radius 3 is 1.88 bits per heavy atom. The van der Waals surface area contributed by atoms with Gasteiger partial charge in [-0.05, 0) is 70.0 Å². The molecule has 0 aliphatic heterocycles. The van der Waals surface area contributed by atoms with Gasteiger partial charge in [0.1, 0.15) is 0 Å². The fraction of sp³-hybridized carbons (Fsp3) is 0.161. The van der Waals surface area contributed by atoms with Gasteiger partial charge in [0.25, 0.3) is 0 Å². The molecule has 0 aliphatic carbocycles. The van der Waals surface area contributed by atoms with Gasteiger partial charge in [-0.1, -0.05) is 106 Å². The quantitative estimate of drug-likeness (QED) is 0.320. The van der Waals surface area contributed by atoms with Crippen LogP contribution in [0.25, 0.3) is 23.3 Å². The van der Waals surface area contributed by atoms with E-state index in [9.17, 15) is 0 Å². The first-order valence-electron chi connectivity index (χ1n) is 11.2. The van der Waals surface area contributed by atoms with Crippen LogP contribution in [0.1, 0.15) is 43.0 Å². The first-order chi connectivity index (χ1) is 15.4. The summed E-state index contributed by atoms with van der Waals surface area (Å²) in [5, 5.41) is 3.44. The van der Waals surface area contributed by atoms with Crippen LogP contribution in [0.2, 0.25) is 0 Å². The van der Waals surface area contributed by atoms with Crippen molar-refractivity contribution in [2.45, 2.75) is 33.1 Å². The number of nitrogens with one attached hydrogen (secondary N) is 1. The Bertz CT molecular complexity index is 1190. The molecule has 0 unspecified atom stereocenters. The summed E-state index contributed by atoms with van der Waals surface area (Å²) in [5.74, 6) is 0. The van der Waals surface area contributed by atoms with Gasteiger partial charge in [0.05, 0.1) is 0 Å². The van der Waals surface area contributed by atoms with Crippen molar-refractivity contribution in [3.63, 3.8) is 0 Å². The third kappa shape index (κ3) is 5.36. The maximum absolute atomic E-state index is 3.44. The van der Waals surface area contributed by atoms with Gasteiger partial charge >= 0.3 is 0 Å². The van der Waals surface area contributed by atoms with Crippen LogP contribution in [0.3, 0.4) is 0 Å². The van der Waals surface area contributed by atoms with E-state index in [1.807, 2.05) is 18.2 Å². The lowest BCUT2D eigenvalue weighted by atomic mass is 9.86. The van der Waals surface area contributed by atoms with Crippen molar-refractivity contribution in [2.75, 3.05) is 5.32 Å². The van der Waals surface area contributed by atoms with Crippen molar-refractivity contribution in [1.29, 1.82) is 0 Å². The lowest BCUT2D eigenvalue weighted by molar-refractivity contribution is 0.590. The topological polar surface area (TPSA) is 12.0 Å². The molecule has 160 valence electrons. The predicted molar refractivity (Wildman–Crippen MR) is 140 cm³/mol. The minimum absolute atomic E-state index is 0.185. The predicted octanol–water partition coefficient (Wildman–Crippen LogP) is 8.87. The van der Waals surface area contributed by atoms with E-state index in [0.29, 0.717) is 0 Å². The molecule has 1 N–H and O–H groups in total. The van der Waals surface area contributed by atoms with E-state index >= 15 is 0 Å². The molecule has 0 fully saturated rings. The molecule has 0 spiro atoms. The van der Waals surface area contributed by atoms with Crippen LogP contribution < -0.4 is 5.32 Å². The number of benzene rings is 4. The number of hydrogen-bond donors (Lipinski definition) is 1. The van der Waals surface area contributed by atoms with Crippen LogP contribution in [-0.2, 0) is 5.41 Å². The van der Waals surface area contributed by atoms with E-state index in [1.165, 1.54) is 33.4 Å². The molecular weight excluding hydrogens is 386 g/mol. The van der Waals surface area contributed by atoms with Crippen LogP contribution >= 0.6 is 0 Å². The SMILES string of the molecule is Cc1cc(-c2ccc(Nc3ccccc3)cc2)ccc1/C=C/c1ccc(C(C)(C)C)cc1. The van der Waals surface area contributed by atoms with Crippen molar-refractivity contribution in [3.05, 3.63) is 119 Å². The molecule has 0 amide bonds. The Hall–Kier alpha value is -3.58. The summed E-state index contributed by atoms with van der Waals surface area (Å²) in [6.45, 7) is 8.92. The summed E-state index contributed by atoms with van der Waals surface area (Å²) < 4.78 is 0. The lowest BCUT2D eigenvalue weighted by Crippen LogP contribution is -2.10. The highest BCUT2D eigenvalue weighted by molar-refractivity contribution is 5.75. The average Bonchev–Trinajstić information content (AvgIpc) is 2.79. The van der Waals surface area contributed by atoms with E-state index in [-0.39, 0.29) is 5.41 Å². The lowest BCUT2D eigenvalue weighted by Gasteiger charge is -2.18. The van der Waals surface area contributed by atoms with Crippen molar-refractivity contribution < 1.29 is 0 Å². The molecule has 0 heterocycles. The Labute approximate surface area is 192 Å². The second-order valence-corrected chi connectivity index (χ2v) is 9.35. The Morgan fingerprint density at radius 1 is 0.625 bits per heavy atom. The second-order valence-electron chi connectivity index (χ2n) is 9.35. The van der Waals surface area contributed by atoms with E-state index in [0.717, 1.165) is 11.4 Å². The summed E-state index contributed by atoms with van der Waals surface area (Å²) in [7, 11) is 0. The molecule has 1 heteroatoms. The van der Waals surface area contributed by atoms with E-state index in [2.05, 4.69) is 124 Å². The molecule has 32 heavy (non-hydrogen) atoms. The Kier molecular flexibility index (Phi) is 6.28. The molecule has 0 bridgehead atoms. The van der Waals surface area contributed by atoms with E-state index in [1.54, 1.807) is 0 Å². The zero-order valence-corrected chi connectivity index (χ0v) is 19.4. The highest BCUT2D eigenvalue weighted by atomic mass is 14.9. The number of aryl methyl sites for hydroxylation is 1. The molecule has 0 aromatic heterocycles. The molecule has 4 aromatic carbocycles. The van der Waals surface area contributed by atoms with Crippen molar-refractivity contribution in [3.8, 4) is 11.1 Å². The first-order valence-corrected chi connectivity index (χ1v) is 11.2. The normalized spacial score (nSPS) is 11.6. The van der Waals surface area contributed by atoms with Crippen LogP contribution in [0.15, 0.2) is 97.1 Å². The molecule has 0 radical (unpaired) electrons. The number of hydrogen-bond acceptors (Lipinski definition) is 1. The Morgan fingerprint density at radius 2 is 1.25 bits per heavy atom. The number of para-hydroxylation sites is 1. The third-order valence-corrected chi connectivity index (χ3v) is 5.78. The molecule has 0 atom stereocenters. The largest absolute Gasteiger partial charge is 0.356 e. The van der Waals surface area contributed by atoms with Gasteiger partial charge in [0, 0.05) is 11.4 Å². The van der Waals surface area contributed by atoms with Gasteiger partial charge in [-0.2, -0.15) is 0 Å². The first kappa shape index (κ1) is 21.6. The monoisotopic (exact) mass is 417 g/mol. The molecule has 0 saturated heterocycles. The maximum atomic E-state index is 3.44. The van der Waals surface area contributed by atoms with Gasteiger partial charge < -0.3 is 5.32 Å². The summed E-state index contributed by atoms with van der Waals surface area (Å²) in [4.78, 5) is 0. The fourth-order valence-corrected chi connectivity index (χ4v) is 3.76. The molecule has 0 saturated carbocycles. The second kappa shape index (κ2) is 9.28. The standard InChI is InChI=1S/C31H31N/c1-23-22-27(26-16-20-30(21-17-26)32-29-8-6-5-7-9-29)15-14-25(23)13-10-24-11-18-28(19-12-24)31(2,3)4/h5-22,32H,1-4H3/b13-10+. The maximum Gasteiger partial charge on any atom is 0.0384 e. The van der Waals surface area contributed by atoms with Gasteiger partial charge in [-0.15, -0.1) is 0 Å². The minimum atomic E-state index is 0.185. The van der Waals surface area contributed by atoms with Crippen LogP contribution in [0.4, 0.5) is 11.4 Å². The smallest absolute Gasteiger partial charge is 0.0384 e. The van der Waals surface area contributed by atoms with Crippen LogP contribution in [-0.4, -0.2) is 0 Å². The van der Waals surface area contributed by atoms with Gasteiger partial charge in [-0.25, -0.2) is 0 Å². The summed E-state index contributed by atoms with van der Waals surface area (Å²) in [6.07, 6.45) is 4.40. The average molecular weight is 418 g/mol. The number of rotatable bonds is 5. The summed E-state index contributed by atoms with van der Waals surface area (Å²) in [6, 6.07) is 34.4. The zero-order chi connectivity index (χ0) is 22.6. The Balaban J connectivity index is 1.46. The highest BCUT2D eigenvalue weighted by Gasteiger charge is 2.12. The zero-order valence-electron chi connectivity index (χ0n) is 19.4. The molecule has 1 nitrogen and oxygen atoms in total. The summed E-state index contributed by atoms with van der Waals surface area (Å²) >= 11 is 0. The summed E-state index contributed by atoms with van der Waals surface area (Å²) in [5.41, 5.74) is 9.94. The third-order valence-electron chi connectivity index (χ3n) is 5.78.